The van der Waals surface area contributed by atoms with Crippen molar-refractivity contribution in [1.82, 2.24) is 15.2 Å². The molecule has 0 bridgehead atoms. The summed E-state index contributed by atoms with van der Waals surface area (Å²) in [6, 6.07) is 3.20. The van der Waals surface area contributed by atoms with Gasteiger partial charge in [-0.15, -0.1) is 0 Å². The molecule has 1 aromatic rings. The third kappa shape index (κ3) is 4.62. The molecule has 0 radical (unpaired) electrons. The van der Waals surface area contributed by atoms with Crippen molar-refractivity contribution in [2.75, 3.05) is 19.7 Å². The SMILES string of the molecule is CCCCOC(=O)N1CC(c2cc(Cl)nc(Br)c2)NCC1(C)C(=O)O. The first kappa shape index (κ1) is 19.9. The summed E-state index contributed by atoms with van der Waals surface area (Å²) >= 11 is 9.28. The van der Waals surface area contributed by atoms with Crippen molar-refractivity contribution in [1.29, 1.82) is 0 Å². The number of carbonyl (C=O) groups is 2. The van der Waals surface area contributed by atoms with Gasteiger partial charge in [-0.1, -0.05) is 24.9 Å². The van der Waals surface area contributed by atoms with Crippen LogP contribution in [0.1, 0.15) is 38.3 Å². The molecular weight excluding hydrogens is 414 g/mol. The van der Waals surface area contributed by atoms with Crippen LogP contribution in [0.5, 0.6) is 0 Å². The van der Waals surface area contributed by atoms with E-state index in [9.17, 15) is 14.7 Å². The fraction of sp³-hybridized carbons (Fsp3) is 0.562. The highest BCUT2D eigenvalue weighted by Crippen LogP contribution is 2.29. The lowest BCUT2D eigenvalue weighted by Crippen LogP contribution is -2.66. The molecule has 1 fully saturated rings. The van der Waals surface area contributed by atoms with E-state index in [1.165, 1.54) is 11.8 Å². The van der Waals surface area contributed by atoms with Crippen LogP contribution >= 0.6 is 27.5 Å². The van der Waals surface area contributed by atoms with Gasteiger partial charge in [0.2, 0.25) is 0 Å². The van der Waals surface area contributed by atoms with E-state index in [1.807, 2.05) is 6.92 Å². The first-order chi connectivity index (χ1) is 11.8. The van der Waals surface area contributed by atoms with E-state index >= 15 is 0 Å². The number of nitrogens with zero attached hydrogens (tertiary/aromatic N) is 2. The molecule has 25 heavy (non-hydrogen) atoms. The number of hydrogen-bond donors (Lipinski definition) is 2. The highest BCUT2D eigenvalue weighted by atomic mass is 79.9. The maximum Gasteiger partial charge on any atom is 0.410 e. The summed E-state index contributed by atoms with van der Waals surface area (Å²) < 4.78 is 5.82. The molecule has 1 amide bonds. The normalized spacial score (nSPS) is 23.4. The largest absolute Gasteiger partial charge is 0.479 e. The fourth-order valence-electron chi connectivity index (χ4n) is 2.62. The second-order valence-corrected chi connectivity index (χ2v) is 7.34. The molecule has 9 heteroatoms. The average molecular weight is 435 g/mol. The molecule has 2 atom stereocenters. The lowest BCUT2D eigenvalue weighted by Gasteiger charge is -2.44. The van der Waals surface area contributed by atoms with E-state index in [4.69, 9.17) is 16.3 Å². The van der Waals surface area contributed by atoms with E-state index in [0.717, 1.165) is 18.4 Å². The molecule has 2 rings (SSSR count). The lowest BCUT2D eigenvalue weighted by atomic mass is 9.93. The number of piperazine rings is 1. The number of rotatable bonds is 5. The van der Waals surface area contributed by atoms with Gasteiger partial charge in [-0.25, -0.2) is 14.6 Å². The number of unbranched alkanes of at least 4 members (excludes halogenated alkanes) is 1. The first-order valence-electron chi connectivity index (χ1n) is 8.02. The number of carboxylic acid groups (broad SMARTS) is 1. The number of halogens is 2. The maximum atomic E-state index is 12.5. The second-order valence-electron chi connectivity index (χ2n) is 6.14. The smallest absolute Gasteiger partial charge is 0.410 e. The highest BCUT2D eigenvalue weighted by Gasteiger charge is 2.47. The molecule has 0 saturated carbocycles. The zero-order valence-electron chi connectivity index (χ0n) is 14.1. The van der Waals surface area contributed by atoms with Crippen LogP contribution in [-0.4, -0.2) is 52.3 Å². The van der Waals surface area contributed by atoms with Gasteiger partial charge in [0, 0.05) is 13.1 Å². The van der Waals surface area contributed by atoms with Gasteiger partial charge >= 0.3 is 12.1 Å². The number of carbonyl (C=O) groups excluding carboxylic acids is 1. The van der Waals surface area contributed by atoms with Crippen molar-refractivity contribution in [2.45, 2.75) is 38.3 Å². The first-order valence-corrected chi connectivity index (χ1v) is 9.19. The average Bonchev–Trinajstić information content (AvgIpc) is 2.54. The number of amides is 1. The summed E-state index contributed by atoms with van der Waals surface area (Å²) in [7, 11) is 0. The minimum absolute atomic E-state index is 0.0907. The zero-order chi connectivity index (χ0) is 18.6. The van der Waals surface area contributed by atoms with Crippen LogP contribution in [0.3, 0.4) is 0 Å². The third-order valence-electron chi connectivity index (χ3n) is 4.25. The van der Waals surface area contributed by atoms with Crippen LogP contribution in [0.2, 0.25) is 5.15 Å². The van der Waals surface area contributed by atoms with E-state index in [0.29, 0.717) is 9.76 Å². The Labute approximate surface area is 159 Å². The molecule has 1 aliphatic rings. The van der Waals surface area contributed by atoms with Crippen LogP contribution in [-0.2, 0) is 9.53 Å². The molecule has 0 spiro atoms. The number of aliphatic carboxylic acids is 1. The summed E-state index contributed by atoms with van der Waals surface area (Å²) in [5, 5.41) is 13.1. The Balaban J connectivity index is 2.23. The van der Waals surface area contributed by atoms with Gasteiger partial charge in [0.1, 0.15) is 9.76 Å². The summed E-state index contributed by atoms with van der Waals surface area (Å²) in [5.74, 6) is -1.08. The Hall–Kier alpha value is -1.38. The molecule has 2 unspecified atom stereocenters. The van der Waals surface area contributed by atoms with Crippen LogP contribution < -0.4 is 5.32 Å². The summed E-state index contributed by atoms with van der Waals surface area (Å²) in [4.78, 5) is 29.5. The number of carboxylic acids is 1. The van der Waals surface area contributed by atoms with E-state index < -0.39 is 17.6 Å². The zero-order valence-corrected chi connectivity index (χ0v) is 16.4. The highest BCUT2D eigenvalue weighted by molar-refractivity contribution is 9.10. The molecule has 1 aromatic heterocycles. The molecule has 138 valence electrons. The number of pyridine rings is 1. The topological polar surface area (TPSA) is 91.8 Å². The standard InChI is InChI=1S/C16H21BrClN3O4/c1-3-4-5-25-15(24)21-8-11(19-9-16(21,2)14(22)23)10-6-12(17)20-13(18)7-10/h6-7,11,19H,3-5,8-9H2,1-2H3,(H,22,23). The second kappa shape index (κ2) is 8.33. The van der Waals surface area contributed by atoms with Crippen LogP contribution in [0.4, 0.5) is 4.79 Å². The molecule has 0 aliphatic carbocycles. The van der Waals surface area contributed by atoms with Crippen molar-refractivity contribution in [3.63, 3.8) is 0 Å². The Morgan fingerprint density at radius 2 is 2.28 bits per heavy atom. The third-order valence-corrected chi connectivity index (χ3v) is 4.85. The van der Waals surface area contributed by atoms with Crippen LogP contribution in [0.15, 0.2) is 16.7 Å². The summed E-state index contributed by atoms with van der Waals surface area (Å²) in [6.07, 6.45) is 0.999. The number of ether oxygens (including phenoxy) is 1. The predicted octanol–water partition coefficient (Wildman–Crippen LogP) is 3.22. The minimum Gasteiger partial charge on any atom is -0.479 e. The summed E-state index contributed by atoms with van der Waals surface area (Å²) in [6.45, 7) is 4.01. The summed E-state index contributed by atoms with van der Waals surface area (Å²) in [5.41, 5.74) is -0.570. The molecule has 1 aliphatic heterocycles. The van der Waals surface area contributed by atoms with E-state index in [2.05, 4.69) is 26.2 Å². The Kier molecular flexibility index (Phi) is 6.65. The molecule has 2 N–H and O–H groups in total. The Bertz CT molecular complexity index is 640. The molecule has 0 aromatic carbocycles. The minimum atomic E-state index is -1.38. The van der Waals surface area contributed by atoms with Gasteiger partial charge in [-0.3, -0.25) is 4.90 Å². The quantitative estimate of drug-likeness (QED) is 0.546. The predicted molar refractivity (Wildman–Crippen MR) is 96.7 cm³/mol. The van der Waals surface area contributed by atoms with Crippen LogP contribution in [0.25, 0.3) is 0 Å². The van der Waals surface area contributed by atoms with Gasteiger partial charge in [-0.2, -0.15) is 0 Å². The van der Waals surface area contributed by atoms with Gasteiger partial charge in [0.25, 0.3) is 0 Å². The van der Waals surface area contributed by atoms with E-state index in [1.54, 1.807) is 12.1 Å². The number of aromatic nitrogens is 1. The van der Waals surface area contributed by atoms with Crippen molar-refractivity contribution in [3.05, 3.63) is 27.5 Å². The van der Waals surface area contributed by atoms with Gasteiger partial charge in [-0.05, 0) is 47.0 Å². The maximum absolute atomic E-state index is 12.5. The van der Waals surface area contributed by atoms with Gasteiger partial charge in [0.15, 0.2) is 5.54 Å². The lowest BCUT2D eigenvalue weighted by molar-refractivity contribution is -0.151. The van der Waals surface area contributed by atoms with Crippen molar-refractivity contribution in [2.24, 2.45) is 0 Å². The van der Waals surface area contributed by atoms with Crippen molar-refractivity contribution in [3.8, 4) is 0 Å². The molecule has 7 nitrogen and oxygen atoms in total. The Morgan fingerprint density at radius 1 is 1.56 bits per heavy atom. The van der Waals surface area contributed by atoms with Crippen molar-refractivity contribution >= 4 is 39.6 Å². The Morgan fingerprint density at radius 3 is 2.88 bits per heavy atom. The molecule has 1 saturated heterocycles. The molecular formula is C16H21BrClN3O4. The number of nitrogens with one attached hydrogen (secondary N) is 1. The number of hydrogen-bond acceptors (Lipinski definition) is 5. The van der Waals surface area contributed by atoms with E-state index in [-0.39, 0.29) is 25.7 Å². The van der Waals surface area contributed by atoms with Crippen LogP contribution in [0, 0.1) is 0 Å². The van der Waals surface area contributed by atoms with Gasteiger partial charge < -0.3 is 15.2 Å². The van der Waals surface area contributed by atoms with Gasteiger partial charge in [0.05, 0.1) is 12.6 Å². The monoisotopic (exact) mass is 433 g/mol. The van der Waals surface area contributed by atoms with Crippen molar-refractivity contribution < 1.29 is 19.4 Å². The fourth-order valence-corrected chi connectivity index (χ4v) is 3.40. The molecule has 2 heterocycles.